The Morgan fingerprint density at radius 1 is 1.07 bits per heavy atom. The highest BCUT2D eigenvalue weighted by molar-refractivity contribution is 5.61. The van der Waals surface area contributed by atoms with Crippen LogP contribution in [0, 0.1) is 11.8 Å². The van der Waals surface area contributed by atoms with Crippen molar-refractivity contribution in [3.63, 3.8) is 0 Å². The molecule has 2 heterocycles. The second kappa shape index (κ2) is 8.70. The summed E-state index contributed by atoms with van der Waals surface area (Å²) in [6.07, 6.45) is 9.86. The van der Waals surface area contributed by atoms with Crippen molar-refractivity contribution in [3.05, 3.63) is 72.2 Å². The first-order chi connectivity index (χ1) is 13.7. The number of rotatable bonds is 6. The number of benzene rings is 1. The summed E-state index contributed by atoms with van der Waals surface area (Å²) in [4.78, 5) is 4.30. The van der Waals surface area contributed by atoms with Gasteiger partial charge >= 0.3 is 0 Å². The van der Waals surface area contributed by atoms with Crippen molar-refractivity contribution in [2.75, 3.05) is 0 Å². The van der Waals surface area contributed by atoms with Crippen LogP contribution in [0.2, 0.25) is 0 Å². The first-order valence-electron chi connectivity index (χ1n) is 10.4. The average Bonchev–Trinajstić information content (AvgIpc) is 3.13. The quantitative estimate of drug-likeness (QED) is 0.667. The van der Waals surface area contributed by atoms with Crippen LogP contribution in [0.5, 0.6) is 0 Å². The van der Waals surface area contributed by atoms with Gasteiger partial charge in [0.2, 0.25) is 0 Å². The van der Waals surface area contributed by atoms with Gasteiger partial charge in [-0.1, -0.05) is 57.0 Å². The SMILES string of the molecule is C[C@@H]1[C@H](C)CCC[C@H]1NCc1cn(Cc2ccccc2)nc1-c1cccnc1. The molecule has 1 aliphatic rings. The summed E-state index contributed by atoms with van der Waals surface area (Å²) in [5.74, 6) is 1.51. The molecule has 28 heavy (non-hydrogen) atoms. The molecule has 1 aliphatic carbocycles. The zero-order valence-electron chi connectivity index (χ0n) is 16.9. The van der Waals surface area contributed by atoms with Gasteiger partial charge in [0.15, 0.2) is 0 Å². The third kappa shape index (κ3) is 4.33. The third-order valence-electron chi connectivity index (χ3n) is 6.22. The zero-order chi connectivity index (χ0) is 19.3. The van der Waals surface area contributed by atoms with Crippen LogP contribution in [0.15, 0.2) is 61.1 Å². The normalized spacial score (nSPS) is 22.3. The molecule has 1 aromatic carbocycles. The number of aromatic nitrogens is 3. The van der Waals surface area contributed by atoms with Crippen molar-refractivity contribution < 1.29 is 0 Å². The fraction of sp³-hybridized carbons (Fsp3) is 0.417. The lowest BCUT2D eigenvalue weighted by Gasteiger charge is -2.34. The second-order valence-corrected chi connectivity index (χ2v) is 8.18. The molecular formula is C24H30N4. The minimum Gasteiger partial charge on any atom is -0.310 e. The van der Waals surface area contributed by atoms with Gasteiger partial charge in [-0.25, -0.2) is 0 Å². The molecule has 4 heteroatoms. The number of hydrogen-bond donors (Lipinski definition) is 1. The molecule has 1 N–H and O–H groups in total. The third-order valence-corrected chi connectivity index (χ3v) is 6.22. The van der Waals surface area contributed by atoms with Gasteiger partial charge in [-0.3, -0.25) is 9.67 Å². The molecule has 0 saturated heterocycles. The van der Waals surface area contributed by atoms with E-state index in [4.69, 9.17) is 5.10 Å². The monoisotopic (exact) mass is 374 g/mol. The van der Waals surface area contributed by atoms with Gasteiger partial charge in [0.1, 0.15) is 0 Å². The maximum Gasteiger partial charge on any atom is 0.0983 e. The van der Waals surface area contributed by atoms with Crippen LogP contribution >= 0.6 is 0 Å². The number of nitrogens with one attached hydrogen (secondary N) is 1. The van der Waals surface area contributed by atoms with Crippen molar-refractivity contribution in [3.8, 4) is 11.3 Å². The lowest BCUT2D eigenvalue weighted by atomic mass is 9.78. The first kappa shape index (κ1) is 18.9. The summed E-state index contributed by atoms with van der Waals surface area (Å²) in [6.45, 7) is 6.41. The summed E-state index contributed by atoms with van der Waals surface area (Å²) in [5.41, 5.74) is 4.62. The second-order valence-electron chi connectivity index (χ2n) is 8.18. The fourth-order valence-electron chi connectivity index (χ4n) is 4.30. The Labute approximate surface area is 168 Å². The van der Waals surface area contributed by atoms with E-state index >= 15 is 0 Å². The van der Waals surface area contributed by atoms with Gasteiger partial charge in [-0.05, 0) is 36.0 Å². The largest absolute Gasteiger partial charge is 0.310 e. The Morgan fingerprint density at radius 2 is 1.93 bits per heavy atom. The molecule has 1 saturated carbocycles. The van der Waals surface area contributed by atoms with Gasteiger partial charge < -0.3 is 5.32 Å². The molecule has 0 unspecified atom stereocenters. The van der Waals surface area contributed by atoms with Gasteiger partial charge in [-0.2, -0.15) is 5.10 Å². The van der Waals surface area contributed by atoms with E-state index in [0.717, 1.165) is 36.2 Å². The highest BCUT2D eigenvalue weighted by atomic mass is 15.3. The van der Waals surface area contributed by atoms with Crippen molar-refractivity contribution in [1.29, 1.82) is 0 Å². The molecule has 0 amide bonds. The predicted molar refractivity (Wildman–Crippen MR) is 114 cm³/mol. The van der Waals surface area contributed by atoms with E-state index < -0.39 is 0 Å². The van der Waals surface area contributed by atoms with E-state index in [-0.39, 0.29) is 0 Å². The molecule has 0 aliphatic heterocycles. The van der Waals surface area contributed by atoms with Crippen LogP contribution in [0.4, 0.5) is 0 Å². The maximum absolute atomic E-state index is 4.91. The minimum atomic E-state index is 0.586. The summed E-state index contributed by atoms with van der Waals surface area (Å²) < 4.78 is 2.06. The van der Waals surface area contributed by atoms with Crippen LogP contribution in [0.1, 0.15) is 44.2 Å². The van der Waals surface area contributed by atoms with Crippen molar-refractivity contribution >= 4 is 0 Å². The Kier molecular flexibility index (Phi) is 5.87. The molecule has 0 radical (unpaired) electrons. The average molecular weight is 375 g/mol. The minimum absolute atomic E-state index is 0.586. The van der Waals surface area contributed by atoms with Crippen molar-refractivity contribution in [2.24, 2.45) is 11.8 Å². The first-order valence-corrected chi connectivity index (χ1v) is 10.4. The van der Waals surface area contributed by atoms with Crippen molar-refractivity contribution in [2.45, 2.75) is 52.2 Å². The molecule has 3 aromatic rings. The Hall–Kier alpha value is -2.46. The predicted octanol–water partition coefficient (Wildman–Crippen LogP) is 4.91. The fourth-order valence-corrected chi connectivity index (χ4v) is 4.30. The van der Waals surface area contributed by atoms with E-state index in [1.54, 1.807) is 0 Å². The highest BCUT2D eigenvalue weighted by Crippen LogP contribution is 2.30. The molecule has 1 fully saturated rings. The summed E-state index contributed by atoms with van der Waals surface area (Å²) in [5, 5.41) is 8.74. The number of pyridine rings is 1. The van der Waals surface area contributed by atoms with E-state index in [2.05, 4.69) is 71.4 Å². The smallest absolute Gasteiger partial charge is 0.0983 e. The van der Waals surface area contributed by atoms with E-state index in [1.165, 1.54) is 30.4 Å². The Bertz CT molecular complexity index is 872. The summed E-state index contributed by atoms with van der Waals surface area (Å²) in [7, 11) is 0. The van der Waals surface area contributed by atoms with Crippen LogP contribution < -0.4 is 5.32 Å². The molecule has 146 valence electrons. The lowest BCUT2D eigenvalue weighted by molar-refractivity contribution is 0.206. The number of nitrogens with zero attached hydrogens (tertiary/aromatic N) is 3. The molecule has 0 spiro atoms. The van der Waals surface area contributed by atoms with Gasteiger partial charge in [0.25, 0.3) is 0 Å². The molecule has 4 rings (SSSR count). The topological polar surface area (TPSA) is 42.7 Å². The lowest BCUT2D eigenvalue weighted by Crippen LogP contribution is -2.40. The van der Waals surface area contributed by atoms with Crippen LogP contribution in [-0.4, -0.2) is 20.8 Å². The highest BCUT2D eigenvalue weighted by Gasteiger charge is 2.27. The van der Waals surface area contributed by atoms with Gasteiger partial charge in [0, 0.05) is 42.3 Å². The molecular weight excluding hydrogens is 344 g/mol. The van der Waals surface area contributed by atoms with Crippen LogP contribution in [0.3, 0.4) is 0 Å². The molecule has 0 bridgehead atoms. The zero-order valence-corrected chi connectivity index (χ0v) is 16.9. The summed E-state index contributed by atoms with van der Waals surface area (Å²) >= 11 is 0. The summed E-state index contributed by atoms with van der Waals surface area (Å²) in [6, 6.07) is 15.2. The van der Waals surface area contributed by atoms with E-state index in [1.807, 2.05) is 18.5 Å². The number of hydrogen-bond acceptors (Lipinski definition) is 3. The van der Waals surface area contributed by atoms with E-state index in [0.29, 0.717) is 6.04 Å². The Balaban J connectivity index is 1.56. The van der Waals surface area contributed by atoms with Gasteiger partial charge in [0.05, 0.1) is 12.2 Å². The Morgan fingerprint density at radius 3 is 2.71 bits per heavy atom. The van der Waals surface area contributed by atoms with Crippen molar-refractivity contribution in [1.82, 2.24) is 20.1 Å². The molecule has 3 atom stereocenters. The molecule has 2 aromatic heterocycles. The van der Waals surface area contributed by atoms with Crippen LogP contribution in [-0.2, 0) is 13.1 Å². The maximum atomic E-state index is 4.91. The van der Waals surface area contributed by atoms with Crippen LogP contribution in [0.25, 0.3) is 11.3 Å². The molecule has 4 nitrogen and oxygen atoms in total. The van der Waals surface area contributed by atoms with Gasteiger partial charge in [-0.15, -0.1) is 0 Å². The van der Waals surface area contributed by atoms with E-state index in [9.17, 15) is 0 Å². The standard InChI is InChI=1S/C24H30N4/c1-18-8-6-12-23(19(18)2)26-15-22-17-28(16-20-9-4-3-5-10-20)27-24(22)21-11-7-13-25-14-21/h3-5,7,9-11,13-14,17-19,23,26H,6,8,12,15-16H2,1-2H3/t18-,19-,23-/m1/s1.